The average Bonchev–Trinajstić information content (AvgIpc) is 3.25. The van der Waals surface area contributed by atoms with Gasteiger partial charge >= 0.3 is 6.03 Å². The molecule has 0 radical (unpaired) electrons. The van der Waals surface area contributed by atoms with Crippen LogP contribution >= 0.6 is 0 Å². The van der Waals surface area contributed by atoms with E-state index in [1.54, 1.807) is 24.4 Å². The minimum absolute atomic E-state index is 0.0284. The Morgan fingerprint density at radius 3 is 2.88 bits per heavy atom. The standard InChI is InChI=1S/C17H24N4O3/c1-11(13-7-8-18-10-15(13)24-2)19-17(23)21-9-3-4-14(21)16(22)20-12-5-6-12/h7-8,10-12,14H,3-6,9H2,1-2H3,(H,19,23)(H,20,22)/t11-,14-/m0/s1. The van der Waals surface area contributed by atoms with E-state index in [-0.39, 0.29) is 24.0 Å². The molecule has 1 aromatic heterocycles. The Morgan fingerprint density at radius 2 is 2.17 bits per heavy atom. The van der Waals surface area contributed by atoms with E-state index >= 15 is 0 Å². The van der Waals surface area contributed by atoms with Crippen molar-refractivity contribution in [2.45, 2.75) is 50.7 Å². The molecular weight excluding hydrogens is 308 g/mol. The molecule has 1 aromatic rings. The van der Waals surface area contributed by atoms with E-state index in [0.717, 1.165) is 31.2 Å². The van der Waals surface area contributed by atoms with E-state index in [4.69, 9.17) is 4.74 Å². The van der Waals surface area contributed by atoms with Crippen molar-refractivity contribution in [2.24, 2.45) is 0 Å². The molecule has 0 aromatic carbocycles. The number of aromatic nitrogens is 1. The van der Waals surface area contributed by atoms with Crippen molar-refractivity contribution >= 4 is 11.9 Å². The van der Waals surface area contributed by atoms with E-state index in [0.29, 0.717) is 18.3 Å². The van der Waals surface area contributed by atoms with Crippen LogP contribution in [0.25, 0.3) is 0 Å². The summed E-state index contributed by atoms with van der Waals surface area (Å²) in [6.07, 6.45) is 6.96. The lowest BCUT2D eigenvalue weighted by atomic mass is 10.1. The second-order valence-electron chi connectivity index (χ2n) is 6.42. The van der Waals surface area contributed by atoms with E-state index in [1.165, 1.54) is 0 Å². The predicted molar refractivity (Wildman–Crippen MR) is 88.6 cm³/mol. The molecule has 7 heteroatoms. The third kappa shape index (κ3) is 3.60. The number of rotatable bonds is 5. The van der Waals surface area contributed by atoms with Gasteiger partial charge < -0.3 is 20.3 Å². The molecule has 3 amide bonds. The lowest BCUT2D eigenvalue weighted by molar-refractivity contribution is -0.124. The van der Waals surface area contributed by atoms with Crippen molar-refractivity contribution in [3.8, 4) is 5.75 Å². The fourth-order valence-electron chi connectivity index (χ4n) is 3.07. The van der Waals surface area contributed by atoms with Crippen LogP contribution in [0.3, 0.4) is 0 Å². The van der Waals surface area contributed by atoms with E-state index in [2.05, 4.69) is 15.6 Å². The summed E-state index contributed by atoms with van der Waals surface area (Å²) < 4.78 is 5.29. The summed E-state index contributed by atoms with van der Waals surface area (Å²) in [6.45, 7) is 2.50. The lowest BCUT2D eigenvalue weighted by Gasteiger charge is -2.26. The number of likely N-dealkylation sites (tertiary alicyclic amines) is 1. The SMILES string of the molecule is COc1cnccc1[C@H](C)NC(=O)N1CCC[C@H]1C(=O)NC1CC1. The highest BCUT2D eigenvalue weighted by atomic mass is 16.5. The molecule has 24 heavy (non-hydrogen) atoms. The average molecular weight is 332 g/mol. The highest BCUT2D eigenvalue weighted by Gasteiger charge is 2.36. The van der Waals surface area contributed by atoms with Gasteiger partial charge in [-0.2, -0.15) is 0 Å². The number of carbonyl (C=O) groups excluding carboxylic acids is 2. The fourth-order valence-corrected chi connectivity index (χ4v) is 3.07. The molecule has 2 aliphatic rings. The summed E-state index contributed by atoms with van der Waals surface area (Å²) in [4.78, 5) is 30.6. The van der Waals surface area contributed by atoms with Crippen molar-refractivity contribution in [2.75, 3.05) is 13.7 Å². The number of nitrogens with one attached hydrogen (secondary N) is 2. The molecule has 1 saturated heterocycles. The summed E-state index contributed by atoms with van der Waals surface area (Å²) in [6, 6.07) is 1.32. The smallest absolute Gasteiger partial charge is 0.318 e. The second-order valence-corrected chi connectivity index (χ2v) is 6.42. The molecule has 2 fully saturated rings. The Bertz CT molecular complexity index is 618. The largest absolute Gasteiger partial charge is 0.495 e. The number of urea groups is 1. The first kappa shape index (κ1) is 16.5. The molecule has 1 aliphatic heterocycles. The zero-order valence-electron chi connectivity index (χ0n) is 14.1. The summed E-state index contributed by atoms with van der Waals surface area (Å²) in [5.41, 5.74) is 0.860. The maximum Gasteiger partial charge on any atom is 0.318 e. The maximum atomic E-state index is 12.6. The Kier molecular flexibility index (Phi) is 4.87. The molecule has 0 unspecified atom stereocenters. The van der Waals surface area contributed by atoms with Gasteiger partial charge in [-0.1, -0.05) is 0 Å². The van der Waals surface area contributed by atoms with E-state index < -0.39 is 0 Å². The number of hydrogen-bond acceptors (Lipinski definition) is 4. The zero-order valence-corrected chi connectivity index (χ0v) is 14.1. The van der Waals surface area contributed by atoms with Crippen molar-refractivity contribution in [1.29, 1.82) is 0 Å². The molecule has 2 heterocycles. The Balaban J connectivity index is 1.63. The van der Waals surface area contributed by atoms with Crippen LogP contribution in [0, 0.1) is 0 Å². The van der Waals surface area contributed by atoms with Crippen LogP contribution in [0.5, 0.6) is 5.75 Å². The second kappa shape index (κ2) is 7.07. The Morgan fingerprint density at radius 1 is 1.38 bits per heavy atom. The number of ether oxygens (including phenoxy) is 1. The van der Waals surface area contributed by atoms with Gasteiger partial charge in [0.25, 0.3) is 0 Å². The number of carbonyl (C=O) groups is 2. The van der Waals surface area contributed by atoms with Gasteiger partial charge in [-0.15, -0.1) is 0 Å². The topological polar surface area (TPSA) is 83.6 Å². The molecule has 0 spiro atoms. The molecule has 2 atom stereocenters. The molecule has 2 N–H and O–H groups in total. The highest BCUT2D eigenvalue weighted by molar-refractivity contribution is 5.88. The normalized spacial score (nSPS) is 21.2. The summed E-state index contributed by atoms with van der Waals surface area (Å²) in [7, 11) is 1.58. The molecule has 130 valence electrons. The Hall–Kier alpha value is -2.31. The summed E-state index contributed by atoms with van der Waals surface area (Å²) >= 11 is 0. The first-order valence-corrected chi connectivity index (χ1v) is 8.45. The summed E-state index contributed by atoms with van der Waals surface area (Å²) in [5.74, 6) is 0.606. The van der Waals surface area contributed by atoms with Crippen LogP contribution in [-0.2, 0) is 4.79 Å². The maximum absolute atomic E-state index is 12.6. The number of methoxy groups -OCH3 is 1. The zero-order chi connectivity index (χ0) is 17.1. The van der Waals surface area contributed by atoms with Crippen LogP contribution in [0.4, 0.5) is 4.79 Å². The van der Waals surface area contributed by atoms with Gasteiger partial charge in [-0.3, -0.25) is 9.78 Å². The third-order valence-corrected chi connectivity index (χ3v) is 4.58. The van der Waals surface area contributed by atoms with Crippen molar-refractivity contribution in [1.82, 2.24) is 20.5 Å². The number of amides is 3. The Labute approximate surface area is 141 Å². The van der Waals surface area contributed by atoms with E-state index in [9.17, 15) is 9.59 Å². The lowest BCUT2D eigenvalue weighted by Crippen LogP contribution is -2.50. The number of hydrogen-bond donors (Lipinski definition) is 2. The van der Waals surface area contributed by atoms with Crippen LogP contribution in [-0.4, -0.2) is 47.6 Å². The van der Waals surface area contributed by atoms with Crippen LogP contribution in [0.2, 0.25) is 0 Å². The van der Waals surface area contributed by atoms with Crippen molar-refractivity contribution in [3.05, 3.63) is 24.0 Å². The van der Waals surface area contributed by atoms with Gasteiger partial charge in [0.05, 0.1) is 19.3 Å². The van der Waals surface area contributed by atoms with Crippen LogP contribution < -0.4 is 15.4 Å². The van der Waals surface area contributed by atoms with Crippen LogP contribution in [0.15, 0.2) is 18.5 Å². The van der Waals surface area contributed by atoms with Crippen LogP contribution in [0.1, 0.15) is 44.2 Å². The van der Waals surface area contributed by atoms with Gasteiger partial charge in [0.15, 0.2) is 0 Å². The van der Waals surface area contributed by atoms with Gasteiger partial charge in [0.1, 0.15) is 11.8 Å². The van der Waals surface area contributed by atoms with Gasteiger partial charge in [0.2, 0.25) is 5.91 Å². The third-order valence-electron chi connectivity index (χ3n) is 4.58. The molecule has 7 nitrogen and oxygen atoms in total. The predicted octanol–water partition coefficient (Wildman–Crippen LogP) is 1.60. The molecular formula is C17H24N4O3. The fraction of sp³-hybridized carbons (Fsp3) is 0.588. The molecule has 1 aliphatic carbocycles. The molecule has 3 rings (SSSR count). The van der Waals surface area contributed by atoms with Gasteiger partial charge in [-0.05, 0) is 38.7 Å². The van der Waals surface area contributed by atoms with E-state index in [1.807, 2.05) is 13.0 Å². The first-order chi connectivity index (χ1) is 11.6. The monoisotopic (exact) mass is 332 g/mol. The minimum Gasteiger partial charge on any atom is -0.495 e. The number of pyridine rings is 1. The quantitative estimate of drug-likeness (QED) is 0.858. The van der Waals surface area contributed by atoms with Gasteiger partial charge in [0, 0.05) is 24.3 Å². The molecule has 1 saturated carbocycles. The minimum atomic E-state index is -0.364. The first-order valence-electron chi connectivity index (χ1n) is 8.45. The number of nitrogens with zero attached hydrogens (tertiary/aromatic N) is 2. The van der Waals surface area contributed by atoms with Gasteiger partial charge in [-0.25, -0.2) is 4.79 Å². The highest BCUT2D eigenvalue weighted by Crippen LogP contribution is 2.25. The van der Waals surface area contributed by atoms with Crippen molar-refractivity contribution < 1.29 is 14.3 Å². The molecule has 0 bridgehead atoms. The summed E-state index contributed by atoms with van der Waals surface area (Å²) in [5, 5.41) is 5.96. The van der Waals surface area contributed by atoms with Crippen molar-refractivity contribution in [3.63, 3.8) is 0 Å².